The van der Waals surface area contributed by atoms with E-state index in [2.05, 4.69) is 0 Å². The van der Waals surface area contributed by atoms with Crippen molar-refractivity contribution in [3.05, 3.63) is 23.8 Å². The Morgan fingerprint density at radius 2 is 1.82 bits per heavy atom. The fourth-order valence-electron chi connectivity index (χ4n) is 1.53. The summed E-state index contributed by atoms with van der Waals surface area (Å²) >= 11 is 0. The molecule has 17 heavy (non-hydrogen) atoms. The Hall–Kier alpha value is -1.55. The zero-order valence-corrected chi connectivity index (χ0v) is 10.5. The normalized spacial score (nSPS) is 10.1. The number of ether oxygens (including phenoxy) is 3. The smallest absolute Gasteiger partial charge is 0.163 e. The molecule has 0 bridgehead atoms. The highest BCUT2D eigenvalue weighted by molar-refractivity contribution is 5.96. The summed E-state index contributed by atoms with van der Waals surface area (Å²) in [7, 11) is 4.75. The van der Waals surface area contributed by atoms with Crippen molar-refractivity contribution in [3.8, 4) is 11.5 Å². The number of Topliss-reactive ketones (excluding diaryl/α,β-unsaturated/α-hetero) is 1. The SMILES string of the molecule is COCCCC(=O)c1ccc(OC)c(OC)c1. The molecule has 0 saturated heterocycles. The average molecular weight is 238 g/mol. The molecule has 0 fully saturated rings. The second-order valence-electron chi connectivity index (χ2n) is 3.59. The highest BCUT2D eigenvalue weighted by Crippen LogP contribution is 2.28. The van der Waals surface area contributed by atoms with Gasteiger partial charge >= 0.3 is 0 Å². The van der Waals surface area contributed by atoms with Gasteiger partial charge in [-0.25, -0.2) is 0 Å². The van der Waals surface area contributed by atoms with Gasteiger partial charge in [0, 0.05) is 25.7 Å². The molecule has 0 aromatic heterocycles. The summed E-state index contributed by atoms with van der Waals surface area (Å²) in [4.78, 5) is 11.8. The molecule has 0 aliphatic heterocycles. The van der Waals surface area contributed by atoms with Crippen molar-refractivity contribution >= 4 is 5.78 Å². The second kappa shape index (κ2) is 6.91. The Morgan fingerprint density at radius 3 is 2.41 bits per heavy atom. The first-order valence-electron chi connectivity index (χ1n) is 5.47. The molecule has 4 nitrogen and oxygen atoms in total. The van der Waals surface area contributed by atoms with Crippen molar-refractivity contribution in [2.45, 2.75) is 12.8 Å². The van der Waals surface area contributed by atoms with E-state index in [1.165, 1.54) is 0 Å². The molecular formula is C13H18O4. The molecule has 1 aromatic carbocycles. The van der Waals surface area contributed by atoms with Gasteiger partial charge in [-0.15, -0.1) is 0 Å². The van der Waals surface area contributed by atoms with Crippen molar-refractivity contribution in [1.29, 1.82) is 0 Å². The van der Waals surface area contributed by atoms with Crippen LogP contribution in [-0.4, -0.2) is 33.7 Å². The van der Waals surface area contributed by atoms with Gasteiger partial charge in [0.25, 0.3) is 0 Å². The lowest BCUT2D eigenvalue weighted by atomic mass is 10.1. The number of hydrogen-bond acceptors (Lipinski definition) is 4. The number of benzene rings is 1. The Labute approximate surface area is 101 Å². The molecule has 0 atom stereocenters. The van der Waals surface area contributed by atoms with Gasteiger partial charge in [-0.1, -0.05) is 0 Å². The largest absolute Gasteiger partial charge is 0.493 e. The first-order valence-corrected chi connectivity index (χ1v) is 5.47. The highest BCUT2D eigenvalue weighted by Gasteiger charge is 2.10. The molecule has 0 saturated carbocycles. The summed E-state index contributed by atoms with van der Waals surface area (Å²) < 4.78 is 15.2. The average Bonchev–Trinajstić information content (AvgIpc) is 2.38. The first-order chi connectivity index (χ1) is 8.22. The van der Waals surface area contributed by atoms with E-state index in [0.717, 1.165) is 6.42 Å². The zero-order valence-electron chi connectivity index (χ0n) is 10.5. The summed E-state index contributed by atoms with van der Waals surface area (Å²) in [6.45, 7) is 0.596. The Kier molecular flexibility index (Phi) is 5.49. The van der Waals surface area contributed by atoms with E-state index in [4.69, 9.17) is 14.2 Å². The number of hydrogen-bond donors (Lipinski definition) is 0. The summed E-state index contributed by atoms with van der Waals surface area (Å²) in [5.41, 5.74) is 0.638. The van der Waals surface area contributed by atoms with Crippen LogP contribution < -0.4 is 9.47 Å². The van der Waals surface area contributed by atoms with Gasteiger partial charge in [0.1, 0.15) is 0 Å². The Morgan fingerprint density at radius 1 is 1.12 bits per heavy atom. The third-order valence-corrected chi connectivity index (χ3v) is 2.46. The van der Waals surface area contributed by atoms with Gasteiger partial charge in [0.2, 0.25) is 0 Å². The molecule has 0 heterocycles. The summed E-state index contributed by atoms with van der Waals surface area (Å²) in [5, 5.41) is 0. The van der Waals surface area contributed by atoms with E-state index in [-0.39, 0.29) is 5.78 Å². The zero-order chi connectivity index (χ0) is 12.7. The molecule has 1 rings (SSSR count). The van der Waals surface area contributed by atoms with E-state index in [9.17, 15) is 4.79 Å². The number of methoxy groups -OCH3 is 3. The van der Waals surface area contributed by atoms with Crippen LogP contribution in [0.3, 0.4) is 0 Å². The van der Waals surface area contributed by atoms with Crippen LogP contribution in [0.4, 0.5) is 0 Å². The molecule has 0 N–H and O–H groups in total. The predicted octanol–water partition coefficient (Wildman–Crippen LogP) is 2.31. The topological polar surface area (TPSA) is 44.8 Å². The van der Waals surface area contributed by atoms with Crippen LogP contribution in [0.1, 0.15) is 23.2 Å². The maximum atomic E-state index is 11.8. The van der Waals surface area contributed by atoms with Gasteiger partial charge in [-0.3, -0.25) is 4.79 Å². The monoisotopic (exact) mass is 238 g/mol. The summed E-state index contributed by atoms with van der Waals surface area (Å²) in [6, 6.07) is 5.19. The fourth-order valence-corrected chi connectivity index (χ4v) is 1.53. The molecule has 94 valence electrons. The molecule has 0 spiro atoms. The number of carbonyl (C=O) groups excluding carboxylic acids is 1. The van der Waals surface area contributed by atoms with Gasteiger partial charge in [0.15, 0.2) is 17.3 Å². The molecule has 0 aliphatic carbocycles. The minimum Gasteiger partial charge on any atom is -0.493 e. The second-order valence-corrected chi connectivity index (χ2v) is 3.59. The maximum Gasteiger partial charge on any atom is 0.163 e. The molecule has 0 unspecified atom stereocenters. The van der Waals surface area contributed by atoms with Crippen LogP contribution in [0.25, 0.3) is 0 Å². The van der Waals surface area contributed by atoms with Crippen LogP contribution in [-0.2, 0) is 4.74 Å². The van der Waals surface area contributed by atoms with Crippen molar-refractivity contribution in [3.63, 3.8) is 0 Å². The van der Waals surface area contributed by atoms with Crippen LogP contribution in [0.5, 0.6) is 11.5 Å². The minimum absolute atomic E-state index is 0.0861. The van der Waals surface area contributed by atoms with E-state index < -0.39 is 0 Å². The lowest BCUT2D eigenvalue weighted by molar-refractivity contribution is 0.0963. The third-order valence-electron chi connectivity index (χ3n) is 2.46. The van der Waals surface area contributed by atoms with Crippen LogP contribution >= 0.6 is 0 Å². The van der Waals surface area contributed by atoms with Crippen LogP contribution in [0, 0.1) is 0 Å². The molecule has 0 amide bonds. The van der Waals surface area contributed by atoms with Crippen molar-refractivity contribution in [1.82, 2.24) is 0 Å². The summed E-state index contributed by atoms with van der Waals surface area (Å²) in [6.07, 6.45) is 1.20. The Bertz CT molecular complexity index is 374. The summed E-state index contributed by atoms with van der Waals surface area (Å²) in [5.74, 6) is 1.29. The first kappa shape index (κ1) is 13.5. The Balaban J connectivity index is 2.74. The highest BCUT2D eigenvalue weighted by atomic mass is 16.5. The van der Waals surface area contributed by atoms with E-state index in [0.29, 0.717) is 30.1 Å². The van der Waals surface area contributed by atoms with E-state index in [1.54, 1.807) is 39.5 Å². The molecular weight excluding hydrogens is 220 g/mol. The quantitative estimate of drug-likeness (QED) is 0.540. The van der Waals surface area contributed by atoms with Gasteiger partial charge in [0.05, 0.1) is 14.2 Å². The van der Waals surface area contributed by atoms with E-state index in [1.807, 2.05) is 0 Å². The van der Waals surface area contributed by atoms with Crippen LogP contribution in [0.15, 0.2) is 18.2 Å². The fraction of sp³-hybridized carbons (Fsp3) is 0.462. The molecule has 0 aliphatic rings. The van der Waals surface area contributed by atoms with Gasteiger partial charge in [-0.2, -0.15) is 0 Å². The lowest BCUT2D eigenvalue weighted by Gasteiger charge is -2.08. The van der Waals surface area contributed by atoms with Crippen molar-refractivity contribution in [2.75, 3.05) is 27.9 Å². The number of rotatable bonds is 7. The van der Waals surface area contributed by atoms with E-state index >= 15 is 0 Å². The third kappa shape index (κ3) is 3.75. The lowest BCUT2D eigenvalue weighted by Crippen LogP contribution is -2.02. The number of ketones is 1. The van der Waals surface area contributed by atoms with Gasteiger partial charge < -0.3 is 14.2 Å². The van der Waals surface area contributed by atoms with Crippen molar-refractivity contribution < 1.29 is 19.0 Å². The van der Waals surface area contributed by atoms with Crippen LogP contribution in [0.2, 0.25) is 0 Å². The van der Waals surface area contributed by atoms with Crippen molar-refractivity contribution in [2.24, 2.45) is 0 Å². The van der Waals surface area contributed by atoms with Gasteiger partial charge in [-0.05, 0) is 24.6 Å². The number of carbonyl (C=O) groups is 1. The molecule has 0 radical (unpaired) electrons. The molecule has 4 heteroatoms. The predicted molar refractivity (Wildman–Crippen MR) is 65.0 cm³/mol. The standard InChI is InChI=1S/C13H18O4/c1-15-8-4-5-11(14)10-6-7-12(16-2)13(9-10)17-3/h6-7,9H,4-5,8H2,1-3H3. The molecule has 1 aromatic rings. The maximum absolute atomic E-state index is 11.8. The minimum atomic E-state index is 0.0861.